The van der Waals surface area contributed by atoms with Gasteiger partial charge in [0.2, 0.25) is 10.0 Å². The quantitative estimate of drug-likeness (QED) is 0.665. The van der Waals surface area contributed by atoms with Crippen molar-refractivity contribution >= 4 is 44.7 Å². The van der Waals surface area contributed by atoms with Crippen molar-refractivity contribution in [1.82, 2.24) is 13.5 Å². The van der Waals surface area contributed by atoms with E-state index in [4.69, 9.17) is 10.2 Å². The lowest BCUT2D eigenvalue weighted by molar-refractivity contribution is -0.145. The van der Waals surface area contributed by atoms with Crippen LogP contribution < -0.4 is 4.72 Å². The Balaban J connectivity index is 2.39. The van der Waals surface area contributed by atoms with Crippen molar-refractivity contribution in [1.29, 1.82) is 0 Å². The van der Waals surface area contributed by atoms with Gasteiger partial charge in [0.15, 0.2) is 0 Å². The van der Waals surface area contributed by atoms with Crippen LogP contribution in [0.5, 0.6) is 0 Å². The van der Waals surface area contributed by atoms with Crippen molar-refractivity contribution in [3.8, 4) is 0 Å². The molecule has 0 saturated carbocycles. The third kappa shape index (κ3) is 3.32. The highest BCUT2D eigenvalue weighted by Crippen LogP contribution is 2.21. The van der Waals surface area contributed by atoms with Gasteiger partial charge in [-0.15, -0.1) is 0 Å². The fourth-order valence-electron chi connectivity index (χ4n) is 1.60. The Kier molecular flexibility index (Phi) is 4.16. The molecule has 9 nitrogen and oxygen atoms in total. The van der Waals surface area contributed by atoms with Crippen LogP contribution >= 0.6 is 11.7 Å². The van der Waals surface area contributed by atoms with Gasteiger partial charge < -0.3 is 10.2 Å². The number of fused-ring (bicyclic) bond motifs is 1. The smallest absolute Gasteiger partial charge is 0.322 e. The van der Waals surface area contributed by atoms with Crippen LogP contribution in [0.1, 0.15) is 6.42 Å². The van der Waals surface area contributed by atoms with Crippen LogP contribution in [-0.4, -0.2) is 45.4 Å². The van der Waals surface area contributed by atoms with Crippen molar-refractivity contribution in [3.05, 3.63) is 18.2 Å². The number of benzene rings is 1. The van der Waals surface area contributed by atoms with Crippen LogP contribution in [0.4, 0.5) is 0 Å². The number of carboxylic acid groups (broad SMARTS) is 2. The largest absolute Gasteiger partial charge is 0.481 e. The van der Waals surface area contributed by atoms with Gasteiger partial charge in [-0.25, -0.2) is 8.42 Å². The van der Waals surface area contributed by atoms with Gasteiger partial charge in [0.05, 0.1) is 18.1 Å². The summed E-state index contributed by atoms with van der Waals surface area (Å²) < 4.78 is 34.0. The summed E-state index contributed by atoms with van der Waals surface area (Å²) in [5, 5.41) is 17.5. The van der Waals surface area contributed by atoms with Crippen LogP contribution in [0.2, 0.25) is 0 Å². The van der Waals surface area contributed by atoms with Crippen LogP contribution in [0.15, 0.2) is 23.1 Å². The van der Waals surface area contributed by atoms with Crippen molar-refractivity contribution in [2.45, 2.75) is 17.4 Å². The maximum Gasteiger partial charge on any atom is 0.322 e. The van der Waals surface area contributed by atoms with Crippen LogP contribution in [0, 0.1) is 0 Å². The van der Waals surface area contributed by atoms with E-state index in [1.54, 1.807) is 6.07 Å². The van der Waals surface area contributed by atoms with E-state index in [9.17, 15) is 18.0 Å². The zero-order valence-corrected chi connectivity index (χ0v) is 11.9. The van der Waals surface area contributed by atoms with Crippen molar-refractivity contribution in [3.63, 3.8) is 0 Å². The molecule has 0 unspecified atom stereocenters. The van der Waals surface area contributed by atoms with E-state index in [2.05, 4.69) is 8.75 Å². The second kappa shape index (κ2) is 5.71. The predicted octanol–water partition coefficient (Wildman–Crippen LogP) is -0.102. The highest BCUT2D eigenvalue weighted by Gasteiger charge is 2.29. The fourth-order valence-corrected chi connectivity index (χ4v) is 3.56. The molecule has 3 N–H and O–H groups in total. The molecule has 2 rings (SSSR count). The molecule has 1 heterocycles. The number of sulfonamides is 1. The zero-order valence-electron chi connectivity index (χ0n) is 10.3. The standard InChI is InChI=1S/C10H9N3O6S2/c14-8(15)4-6(10(16)17)13-21(18,19)7-3-1-2-5-9(7)12-20-11-5/h1-3,6,13H,4H2,(H,14,15)(H,16,17)/t6-/m0/s1. The third-order valence-corrected chi connectivity index (χ3v) is 4.56. The van der Waals surface area contributed by atoms with E-state index in [-0.39, 0.29) is 10.4 Å². The van der Waals surface area contributed by atoms with Crippen LogP contribution in [0.25, 0.3) is 11.0 Å². The lowest BCUT2D eigenvalue weighted by Crippen LogP contribution is -2.42. The third-order valence-electron chi connectivity index (χ3n) is 2.51. The average Bonchev–Trinajstić information content (AvgIpc) is 2.84. The van der Waals surface area contributed by atoms with Crippen molar-refractivity contribution in [2.75, 3.05) is 0 Å². The summed E-state index contributed by atoms with van der Waals surface area (Å²) in [6.45, 7) is 0. The van der Waals surface area contributed by atoms with E-state index in [0.717, 1.165) is 11.7 Å². The molecule has 1 aromatic carbocycles. The second-order valence-electron chi connectivity index (χ2n) is 4.00. The Morgan fingerprint density at radius 2 is 2.00 bits per heavy atom. The molecule has 0 saturated heterocycles. The minimum Gasteiger partial charge on any atom is -0.481 e. The SMILES string of the molecule is O=C(O)C[C@H](NS(=O)(=O)c1cccc2nsnc12)C(=O)O. The molecule has 0 aliphatic carbocycles. The number of hydrogen-bond acceptors (Lipinski definition) is 7. The van der Waals surface area contributed by atoms with Gasteiger partial charge in [-0.05, 0) is 12.1 Å². The minimum absolute atomic E-state index is 0.106. The number of aromatic nitrogens is 2. The maximum atomic E-state index is 12.2. The van der Waals surface area contributed by atoms with E-state index >= 15 is 0 Å². The zero-order chi connectivity index (χ0) is 15.6. The second-order valence-corrected chi connectivity index (χ2v) is 6.21. The van der Waals surface area contributed by atoms with Gasteiger partial charge >= 0.3 is 11.9 Å². The molecule has 0 amide bonds. The van der Waals surface area contributed by atoms with E-state index in [0.29, 0.717) is 5.52 Å². The molecular formula is C10H9N3O6S2. The molecule has 0 aliphatic heterocycles. The summed E-state index contributed by atoms with van der Waals surface area (Å²) in [6.07, 6.45) is -0.875. The first-order chi connectivity index (χ1) is 9.81. The summed E-state index contributed by atoms with van der Waals surface area (Å²) in [5.41, 5.74) is 0.461. The molecule has 1 atom stereocenters. The number of carboxylic acids is 2. The number of carbonyl (C=O) groups is 2. The highest BCUT2D eigenvalue weighted by atomic mass is 32.2. The van der Waals surface area contributed by atoms with Gasteiger partial charge in [0.25, 0.3) is 0 Å². The molecule has 0 fully saturated rings. The van der Waals surface area contributed by atoms with Gasteiger partial charge in [0, 0.05) is 0 Å². The summed E-state index contributed by atoms with van der Waals surface area (Å²) >= 11 is 0.816. The monoisotopic (exact) mass is 331 g/mol. The molecule has 11 heteroatoms. The average molecular weight is 331 g/mol. The number of hydrogen-bond donors (Lipinski definition) is 3. The molecular weight excluding hydrogens is 322 g/mol. The van der Waals surface area contributed by atoms with Gasteiger partial charge in [-0.2, -0.15) is 13.5 Å². The molecule has 0 spiro atoms. The number of rotatable bonds is 6. The molecule has 112 valence electrons. The van der Waals surface area contributed by atoms with E-state index in [1.807, 2.05) is 4.72 Å². The van der Waals surface area contributed by atoms with E-state index in [1.165, 1.54) is 12.1 Å². The highest BCUT2D eigenvalue weighted by molar-refractivity contribution is 7.89. The van der Waals surface area contributed by atoms with Crippen LogP contribution in [-0.2, 0) is 19.6 Å². The normalized spacial score (nSPS) is 13.1. The van der Waals surface area contributed by atoms with Gasteiger partial charge in [0.1, 0.15) is 22.0 Å². The lowest BCUT2D eigenvalue weighted by Gasteiger charge is -2.12. The number of nitrogens with one attached hydrogen (secondary N) is 1. The topological polar surface area (TPSA) is 147 Å². The van der Waals surface area contributed by atoms with Crippen molar-refractivity contribution < 1.29 is 28.2 Å². The Bertz CT molecular complexity index is 800. The lowest BCUT2D eigenvalue weighted by atomic mass is 10.2. The molecule has 0 bridgehead atoms. The first kappa shape index (κ1) is 15.3. The molecule has 0 radical (unpaired) electrons. The van der Waals surface area contributed by atoms with Crippen LogP contribution in [0.3, 0.4) is 0 Å². The predicted molar refractivity (Wildman–Crippen MR) is 71.4 cm³/mol. The van der Waals surface area contributed by atoms with Gasteiger partial charge in [-0.1, -0.05) is 6.07 Å². The Morgan fingerprint density at radius 1 is 1.29 bits per heavy atom. The molecule has 0 aliphatic rings. The maximum absolute atomic E-state index is 12.2. The Hall–Kier alpha value is -2.11. The molecule has 2 aromatic rings. The fraction of sp³-hybridized carbons (Fsp3) is 0.200. The summed E-state index contributed by atoms with van der Waals surface area (Å²) in [6, 6.07) is 2.47. The number of nitrogens with zero attached hydrogens (tertiary/aromatic N) is 2. The summed E-state index contributed by atoms with van der Waals surface area (Å²) in [4.78, 5) is 21.3. The summed E-state index contributed by atoms with van der Waals surface area (Å²) in [5.74, 6) is -3.01. The summed E-state index contributed by atoms with van der Waals surface area (Å²) in [7, 11) is -4.24. The molecule has 21 heavy (non-hydrogen) atoms. The first-order valence-electron chi connectivity index (χ1n) is 5.49. The van der Waals surface area contributed by atoms with Gasteiger partial charge in [-0.3, -0.25) is 9.59 Å². The number of aliphatic carboxylic acids is 2. The Morgan fingerprint density at radius 3 is 2.62 bits per heavy atom. The van der Waals surface area contributed by atoms with Crippen molar-refractivity contribution in [2.24, 2.45) is 0 Å². The van der Waals surface area contributed by atoms with E-state index < -0.39 is 34.4 Å². The Labute approximate surface area is 122 Å². The molecule has 1 aromatic heterocycles. The minimum atomic E-state index is -4.24. The first-order valence-corrected chi connectivity index (χ1v) is 7.71.